The molecule has 0 aliphatic heterocycles. The number of anilines is 1. The maximum absolute atomic E-state index is 14.1. The van der Waals surface area contributed by atoms with Gasteiger partial charge < -0.3 is 15.0 Å². The van der Waals surface area contributed by atoms with E-state index < -0.39 is 28.5 Å². The monoisotopic (exact) mass is 591 g/mol. The first-order valence-corrected chi connectivity index (χ1v) is 16.1. The quantitative estimate of drug-likeness (QED) is 0.308. The van der Waals surface area contributed by atoms with Crippen LogP contribution in [-0.4, -0.2) is 50.9 Å². The Kier molecular flexibility index (Phi) is 10.6. The van der Waals surface area contributed by atoms with Gasteiger partial charge in [0.2, 0.25) is 11.8 Å². The van der Waals surface area contributed by atoms with Crippen LogP contribution in [0.2, 0.25) is 0 Å². The SMILES string of the molecule is CCc1ccc(N(CC(=O)N(Cc2ccc(OC)cc2)[C@@H](C)C(=O)NC2CCCCC2)S(=O)(=O)c2ccccc2)cc1. The zero-order valence-electron chi connectivity index (χ0n) is 24.7. The topological polar surface area (TPSA) is 96.0 Å². The van der Waals surface area contributed by atoms with E-state index in [-0.39, 0.29) is 23.4 Å². The summed E-state index contributed by atoms with van der Waals surface area (Å²) in [5.41, 5.74) is 2.23. The number of methoxy groups -OCH3 is 1. The second-order valence-electron chi connectivity index (χ2n) is 10.7. The van der Waals surface area contributed by atoms with Crippen LogP contribution in [0.1, 0.15) is 57.1 Å². The maximum Gasteiger partial charge on any atom is 0.264 e. The maximum atomic E-state index is 14.1. The highest BCUT2D eigenvalue weighted by molar-refractivity contribution is 7.92. The van der Waals surface area contributed by atoms with E-state index in [1.165, 1.54) is 17.0 Å². The summed E-state index contributed by atoms with van der Waals surface area (Å²) in [5, 5.41) is 3.13. The molecule has 0 aromatic heterocycles. The lowest BCUT2D eigenvalue weighted by molar-refractivity contribution is -0.139. The molecule has 2 amide bonds. The minimum absolute atomic E-state index is 0.0821. The molecule has 0 saturated heterocycles. The highest BCUT2D eigenvalue weighted by atomic mass is 32.2. The van der Waals surface area contributed by atoms with Gasteiger partial charge in [-0.15, -0.1) is 0 Å². The predicted molar refractivity (Wildman–Crippen MR) is 165 cm³/mol. The molecule has 3 aromatic carbocycles. The van der Waals surface area contributed by atoms with Gasteiger partial charge in [0.05, 0.1) is 17.7 Å². The lowest BCUT2D eigenvalue weighted by atomic mass is 9.95. The average Bonchev–Trinajstić information content (AvgIpc) is 3.03. The van der Waals surface area contributed by atoms with Crippen molar-refractivity contribution in [1.82, 2.24) is 10.2 Å². The molecule has 0 bridgehead atoms. The van der Waals surface area contributed by atoms with Gasteiger partial charge in [-0.2, -0.15) is 0 Å². The molecule has 9 heteroatoms. The number of carbonyl (C=O) groups excluding carboxylic acids is 2. The van der Waals surface area contributed by atoms with Gasteiger partial charge in [-0.1, -0.05) is 68.7 Å². The van der Waals surface area contributed by atoms with Gasteiger partial charge in [-0.05, 0) is 73.7 Å². The summed E-state index contributed by atoms with van der Waals surface area (Å²) in [7, 11) is -2.50. The first-order chi connectivity index (χ1) is 20.2. The Morgan fingerprint density at radius 2 is 1.52 bits per heavy atom. The number of hydrogen-bond donors (Lipinski definition) is 1. The standard InChI is InChI=1S/C33H41N3O5S/c1-4-26-15-19-29(20-16-26)36(42(39,40)31-13-9-6-10-14-31)24-32(37)35(23-27-17-21-30(41-3)22-18-27)25(2)33(38)34-28-11-7-5-8-12-28/h6,9-10,13-22,25,28H,4-5,7-8,11-12,23-24H2,1-3H3,(H,34,38)/t25-/m0/s1. The largest absolute Gasteiger partial charge is 0.497 e. The molecule has 1 aliphatic carbocycles. The number of rotatable bonds is 12. The molecule has 224 valence electrons. The van der Waals surface area contributed by atoms with Crippen molar-refractivity contribution in [3.05, 3.63) is 90.0 Å². The molecule has 0 radical (unpaired) electrons. The Hall–Kier alpha value is -3.85. The van der Waals surface area contributed by atoms with Crippen molar-refractivity contribution < 1.29 is 22.7 Å². The highest BCUT2D eigenvalue weighted by Gasteiger charge is 2.33. The molecule has 1 aliphatic rings. The van der Waals surface area contributed by atoms with Crippen LogP contribution in [0.5, 0.6) is 5.75 Å². The van der Waals surface area contributed by atoms with E-state index in [1.807, 2.05) is 31.2 Å². The molecule has 42 heavy (non-hydrogen) atoms. The average molecular weight is 592 g/mol. The first kappa shape index (κ1) is 31.1. The van der Waals surface area contributed by atoms with Crippen molar-refractivity contribution in [1.29, 1.82) is 0 Å². The smallest absolute Gasteiger partial charge is 0.264 e. The molecule has 0 heterocycles. The number of ether oxygens (including phenoxy) is 1. The molecule has 0 unspecified atom stereocenters. The summed E-state index contributed by atoms with van der Waals surface area (Å²) in [4.78, 5) is 29.1. The van der Waals surface area contributed by atoms with E-state index >= 15 is 0 Å². The fraction of sp³-hybridized carbons (Fsp3) is 0.394. The predicted octanol–water partition coefficient (Wildman–Crippen LogP) is 5.32. The Morgan fingerprint density at radius 3 is 2.12 bits per heavy atom. The van der Waals surface area contributed by atoms with Crippen molar-refractivity contribution in [2.45, 2.75) is 75.9 Å². The molecule has 8 nitrogen and oxygen atoms in total. The van der Waals surface area contributed by atoms with Gasteiger partial charge in [0.25, 0.3) is 10.0 Å². The highest BCUT2D eigenvalue weighted by Crippen LogP contribution is 2.26. The number of benzene rings is 3. The minimum Gasteiger partial charge on any atom is -0.497 e. The van der Waals surface area contributed by atoms with Crippen LogP contribution >= 0.6 is 0 Å². The third-order valence-corrected chi connectivity index (χ3v) is 9.66. The van der Waals surface area contributed by atoms with E-state index in [1.54, 1.807) is 56.5 Å². The molecule has 1 N–H and O–H groups in total. The summed E-state index contributed by atoms with van der Waals surface area (Å²) in [6, 6.07) is 21.8. The van der Waals surface area contributed by atoms with Crippen LogP contribution in [0.15, 0.2) is 83.8 Å². The number of amides is 2. The molecule has 0 spiro atoms. The number of aryl methyl sites for hydroxylation is 1. The van der Waals surface area contributed by atoms with Crippen molar-refractivity contribution in [3.63, 3.8) is 0 Å². The summed E-state index contributed by atoms with van der Waals surface area (Å²) in [5.74, 6) is -0.0416. The zero-order valence-corrected chi connectivity index (χ0v) is 25.5. The third kappa shape index (κ3) is 7.70. The molecule has 1 fully saturated rings. The number of sulfonamides is 1. The van der Waals surface area contributed by atoms with E-state index in [4.69, 9.17) is 4.74 Å². The zero-order chi connectivity index (χ0) is 30.1. The molecule has 1 saturated carbocycles. The molecule has 1 atom stereocenters. The number of carbonyl (C=O) groups is 2. The van der Waals surface area contributed by atoms with Gasteiger partial charge in [0.15, 0.2) is 0 Å². The second-order valence-corrected chi connectivity index (χ2v) is 12.6. The molecule has 4 rings (SSSR count). The van der Waals surface area contributed by atoms with E-state index in [9.17, 15) is 18.0 Å². The van der Waals surface area contributed by atoms with Crippen molar-refractivity contribution in [3.8, 4) is 5.75 Å². The third-order valence-electron chi connectivity index (χ3n) is 7.87. The van der Waals surface area contributed by atoms with Crippen molar-refractivity contribution in [2.75, 3.05) is 18.0 Å². The van der Waals surface area contributed by atoms with Gasteiger partial charge >= 0.3 is 0 Å². The fourth-order valence-corrected chi connectivity index (χ4v) is 6.66. The van der Waals surface area contributed by atoms with E-state index in [0.29, 0.717) is 11.4 Å². The van der Waals surface area contributed by atoms with E-state index in [2.05, 4.69) is 5.32 Å². The van der Waals surface area contributed by atoms with Crippen LogP contribution in [0, 0.1) is 0 Å². The molecular weight excluding hydrogens is 550 g/mol. The normalized spacial score (nSPS) is 14.5. The van der Waals surface area contributed by atoms with Crippen molar-refractivity contribution >= 4 is 27.5 Å². The Morgan fingerprint density at radius 1 is 0.905 bits per heavy atom. The van der Waals surface area contributed by atoms with Gasteiger partial charge in [0.1, 0.15) is 18.3 Å². The van der Waals surface area contributed by atoms with Crippen LogP contribution < -0.4 is 14.4 Å². The van der Waals surface area contributed by atoms with Crippen LogP contribution in [0.4, 0.5) is 5.69 Å². The van der Waals surface area contributed by atoms with Gasteiger partial charge in [-0.3, -0.25) is 13.9 Å². The number of hydrogen-bond acceptors (Lipinski definition) is 5. The van der Waals surface area contributed by atoms with E-state index in [0.717, 1.165) is 54.0 Å². The lowest BCUT2D eigenvalue weighted by Crippen LogP contribution is -2.53. The van der Waals surface area contributed by atoms with Crippen LogP contribution in [0.25, 0.3) is 0 Å². The lowest BCUT2D eigenvalue weighted by Gasteiger charge is -2.33. The Balaban J connectivity index is 1.66. The summed E-state index contributed by atoms with van der Waals surface area (Å²) in [6.45, 7) is 3.40. The van der Waals surface area contributed by atoms with Gasteiger partial charge in [0, 0.05) is 12.6 Å². The summed E-state index contributed by atoms with van der Waals surface area (Å²) in [6.07, 6.45) is 5.93. The molecular formula is C33H41N3O5S. The van der Waals surface area contributed by atoms with Crippen LogP contribution in [-0.2, 0) is 32.6 Å². The number of nitrogens with one attached hydrogen (secondary N) is 1. The molecule has 3 aromatic rings. The second kappa shape index (κ2) is 14.4. The summed E-state index contributed by atoms with van der Waals surface area (Å²) >= 11 is 0. The van der Waals surface area contributed by atoms with Crippen molar-refractivity contribution in [2.24, 2.45) is 0 Å². The minimum atomic E-state index is -4.08. The Bertz CT molecular complexity index is 1420. The Labute approximate surface area is 249 Å². The number of nitrogens with zero attached hydrogens (tertiary/aromatic N) is 2. The fourth-order valence-electron chi connectivity index (χ4n) is 5.23. The van der Waals surface area contributed by atoms with Gasteiger partial charge in [-0.25, -0.2) is 8.42 Å². The first-order valence-electron chi connectivity index (χ1n) is 14.6. The summed E-state index contributed by atoms with van der Waals surface area (Å²) < 4.78 is 34.2. The van der Waals surface area contributed by atoms with Crippen LogP contribution in [0.3, 0.4) is 0 Å².